The van der Waals surface area contributed by atoms with E-state index in [1.807, 2.05) is 0 Å². The van der Waals surface area contributed by atoms with Gasteiger partial charge >= 0.3 is 0 Å². The van der Waals surface area contributed by atoms with E-state index in [1.54, 1.807) is 19.1 Å². The summed E-state index contributed by atoms with van der Waals surface area (Å²) in [6.45, 7) is 2.89. The summed E-state index contributed by atoms with van der Waals surface area (Å²) in [5.41, 5.74) is 0.992. The maximum absolute atomic E-state index is 13.3. The molecule has 1 N–H and O–H groups in total. The van der Waals surface area contributed by atoms with Crippen molar-refractivity contribution in [2.75, 3.05) is 18.5 Å². The van der Waals surface area contributed by atoms with E-state index in [1.165, 1.54) is 6.07 Å². The van der Waals surface area contributed by atoms with Gasteiger partial charge in [0.05, 0.1) is 19.6 Å². The molecule has 4 nitrogen and oxygen atoms in total. The lowest BCUT2D eigenvalue weighted by molar-refractivity contribution is -0.182. The molecule has 0 atom stereocenters. The maximum atomic E-state index is 13.3. The van der Waals surface area contributed by atoms with Crippen LogP contribution < -0.4 is 5.32 Å². The van der Waals surface area contributed by atoms with Gasteiger partial charge in [-0.25, -0.2) is 4.39 Å². The summed E-state index contributed by atoms with van der Waals surface area (Å²) in [4.78, 5) is 11.7. The number of nitrogens with one attached hydrogen (secondary N) is 1. The number of rotatable bonds is 3. The van der Waals surface area contributed by atoms with Gasteiger partial charge in [-0.1, -0.05) is 6.07 Å². The Labute approximate surface area is 105 Å². The molecular formula is C13H16FNO3. The van der Waals surface area contributed by atoms with Crippen molar-refractivity contribution in [2.24, 2.45) is 0 Å². The summed E-state index contributed by atoms with van der Waals surface area (Å²) in [5, 5.41) is 2.62. The zero-order chi connectivity index (χ0) is 13.0. The first kappa shape index (κ1) is 13.0. The van der Waals surface area contributed by atoms with Crippen LogP contribution in [0.3, 0.4) is 0 Å². The predicted molar refractivity (Wildman–Crippen MR) is 64.7 cm³/mol. The molecular weight excluding hydrogens is 237 g/mol. The van der Waals surface area contributed by atoms with Crippen LogP contribution in [0, 0.1) is 12.7 Å². The Morgan fingerprint density at radius 3 is 2.83 bits per heavy atom. The van der Waals surface area contributed by atoms with Gasteiger partial charge in [0.1, 0.15) is 5.82 Å². The SMILES string of the molecule is Cc1ccc(NC(=O)CC2OCCCO2)cc1F. The van der Waals surface area contributed by atoms with Crippen LogP contribution in [-0.4, -0.2) is 25.4 Å². The third-order valence-corrected chi connectivity index (χ3v) is 2.70. The number of carbonyl (C=O) groups excluding carboxylic acids is 1. The highest BCUT2D eigenvalue weighted by atomic mass is 19.1. The third kappa shape index (κ3) is 3.51. The fraction of sp³-hybridized carbons (Fsp3) is 0.462. The highest BCUT2D eigenvalue weighted by molar-refractivity contribution is 5.90. The van der Waals surface area contributed by atoms with Gasteiger partial charge in [0.25, 0.3) is 0 Å². The number of benzene rings is 1. The average molecular weight is 253 g/mol. The highest BCUT2D eigenvalue weighted by Gasteiger charge is 2.18. The van der Waals surface area contributed by atoms with Crippen LogP contribution in [-0.2, 0) is 14.3 Å². The first-order chi connectivity index (χ1) is 8.65. The van der Waals surface area contributed by atoms with Crippen molar-refractivity contribution in [2.45, 2.75) is 26.1 Å². The molecule has 98 valence electrons. The average Bonchev–Trinajstić information content (AvgIpc) is 2.35. The van der Waals surface area contributed by atoms with Crippen LogP contribution in [0.15, 0.2) is 18.2 Å². The Morgan fingerprint density at radius 2 is 2.17 bits per heavy atom. The largest absolute Gasteiger partial charge is 0.352 e. The van der Waals surface area contributed by atoms with Crippen molar-refractivity contribution in [1.29, 1.82) is 0 Å². The second-order valence-electron chi connectivity index (χ2n) is 4.24. The number of hydrogen-bond acceptors (Lipinski definition) is 3. The second kappa shape index (κ2) is 5.93. The van der Waals surface area contributed by atoms with Gasteiger partial charge in [0.2, 0.25) is 5.91 Å². The molecule has 5 heteroatoms. The molecule has 1 aliphatic rings. The predicted octanol–water partition coefficient (Wildman–Crippen LogP) is 2.23. The summed E-state index contributed by atoms with van der Waals surface area (Å²) >= 11 is 0. The smallest absolute Gasteiger partial charge is 0.229 e. The van der Waals surface area contributed by atoms with Gasteiger partial charge in [-0.05, 0) is 31.0 Å². The van der Waals surface area contributed by atoms with Crippen molar-refractivity contribution in [3.63, 3.8) is 0 Å². The summed E-state index contributed by atoms with van der Waals surface area (Å²) in [6.07, 6.45) is 0.477. The maximum Gasteiger partial charge on any atom is 0.229 e. The van der Waals surface area contributed by atoms with Crippen LogP contribution >= 0.6 is 0 Å². The van der Waals surface area contributed by atoms with E-state index in [9.17, 15) is 9.18 Å². The number of ether oxygens (including phenoxy) is 2. The standard InChI is InChI=1S/C13H16FNO3/c1-9-3-4-10(7-11(9)14)15-12(16)8-13-17-5-2-6-18-13/h3-4,7,13H,2,5-6,8H2,1H3,(H,15,16). The van der Waals surface area contributed by atoms with Crippen LogP contribution in [0.5, 0.6) is 0 Å². The molecule has 1 saturated heterocycles. The number of halogens is 1. The topological polar surface area (TPSA) is 47.6 Å². The molecule has 0 aromatic heterocycles. The molecule has 0 spiro atoms. The number of amides is 1. The molecule has 1 aliphatic heterocycles. The quantitative estimate of drug-likeness (QED) is 0.898. The zero-order valence-corrected chi connectivity index (χ0v) is 10.2. The highest BCUT2D eigenvalue weighted by Crippen LogP contribution is 2.15. The summed E-state index contributed by atoms with van der Waals surface area (Å²) in [7, 11) is 0. The molecule has 0 saturated carbocycles. The monoisotopic (exact) mass is 253 g/mol. The van der Waals surface area contributed by atoms with Crippen molar-refractivity contribution in [3.05, 3.63) is 29.6 Å². The van der Waals surface area contributed by atoms with Crippen molar-refractivity contribution in [3.8, 4) is 0 Å². The summed E-state index contributed by atoms with van der Waals surface area (Å²) < 4.78 is 23.8. The molecule has 0 radical (unpaired) electrons. The number of aryl methyl sites for hydroxylation is 1. The van der Waals surface area contributed by atoms with Gasteiger partial charge in [0.15, 0.2) is 6.29 Å². The third-order valence-electron chi connectivity index (χ3n) is 2.70. The lowest BCUT2D eigenvalue weighted by atomic mass is 10.2. The number of carbonyl (C=O) groups is 1. The Kier molecular flexibility index (Phi) is 4.28. The Bertz CT molecular complexity index is 430. The first-order valence-corrected chi connectivity index (χ1v) is 5.94. The molecule has 2 rings (SSSR count). The Balaban J connectivity index is 1.88. The normalized spacial score (nSPS) is 16.6. The number of anilines is 1. The molecule has 1 aromatic rings. The van der Waals surface area contributed by atoms with Crippen molar-refractivity contribution in [1.82, 2.24) is 0 Å². The lowest BCUT2D eigenvalue weighted by Crippen LogP contribution is -2.29. The molecule has 1 heterocycles. The van der Waals surface area contributed by atoms with Crippen LogP contribution in [0.4, 0.5) is 10.1 Å². The van der Waals surface area contributed by atoms with Crippen molar-refractivity contribution < 1.29 is 18.7 Å². The van der Waals surface area contributed by atoms with Gasteiger partial charge < -0.3 is 14.8 Å². The molecule has 0 bridgehead atoms. The summed E-state index contributed by atoms with van der Waals surface area (Å²) in [5.74, 6) is -0.580. The van der Waals surface area contributed by atoms with Gasteiger partial charge in [-0.2, -0.15) is 0 Å². The molecule has 1 aromatic carbocycles. The van der Waals surface area contributed by atoms with E-state index >= 15 is 0 Å². The van der Waals surface area contributed by atoms with Crippen molar-refractivity contribution >= 4 is 11.6 Å². The summed E-state index contributed by atoms with van der Waals surface area (Å²) in [6, 6.07) is 4.59. The fourth-order valence-electron chi connectivity index (χ4n) is 1.69. The molecule has 0 aliphatic carbocycles. The minimum absolute atomic E-state index is 0.121. The minimum atomic E-state index is -0.492. The van der Waals surface area contributed by atoms with E-state index in [2.05, 4.69) is 5.32 Å². The number of hydrogen-bond donors (Lipinski definition) is 1. The van der Waals surface area contributed by atoms with Gasteiger partial charge in [-0.3, -0.25) is 4.79 Å². The molecule has 0 unspecified atom stereocenters. The lowest BCUT2D eigenvalue weighted by Gasteiger charge is -2.22. The first-order valence-electron chi connectivity index (χ1n) is 5.94. The Hall–Kier alpha value is -1.46. The van der Waals surface area contributed by atoms with Crippen LogP contribution in [0.2, 0.25) is 0 Å². The minimum Gasteiger partial charge on any atom is -0.352 e. The fourth-order valence-corrected chi connectivity index (χ4v) is 1.69. The van der Waals surface area contributed by atoms with Gasteiger partial charge in [-0.15, -0.1) is 0 Å². The van der Waals surface area contributed by atoms with E-state index in [-0.39, 0.29) is 18.1 Å². The zero-order valence-electron chi connectivity index (χ0n) is 10.2. The van der Waals surface area contributed by atoms with Crippen LogP contribution in [0.25, 0.3) is 0 Å². The van der Waals surface area contributed by atoms with E-state index in [4.69, 9.17) is 9.47 Å². The van der Waals surface area contributed by atoms with Crippen LogP contribution in [0.1, 0.15) is 18.4 Å². The van der Waals surface area contributed by atoms with E-state index in [0.29, 0.717) is 24.5 Å². The molecule has 18 heavy (non-hydrogen) atoms. The Morgan fingerprint density at radius 1 is 1.44 bits per heavy atom. The second-order valence-corrected chi connectivity index (χ2v) is 4.24. The van der Waals surface area contributed by atoms with E-state index in [0.717, 1.165) is 6.42 Å². The molecule has 1 fully saturated rings. The van der Waals surface area contributed by atoms with E-state index < -0.39 is 6.29 Å². The van der Waals surface area contributed by atoms with Gasteiger partial charge in [0, 0.05) is 5.69 Å². The molecule has 1 amide bonds.